The van der Waals surface area contributed by atoms with E-state index in [0.29, 0.717) is 18.7 Å². The van der Waals surface area contributed by atoms with Crippen molar-refractivity contribution < 1.29 is 9.90 Å². The van der Waals surface area contributed by atoms with E-state index in [0.717, 1.165) is 19.3 Å². The lowest BCUT2D eigenvalue weighted by Gasteiger charge is -2.37. The average molecular weight is 250 g/mol. The van der Waals surface area contributed by atoms with Crippen LogP contribution in [0.4, 0.5) is 0 Å². The summed E-state index contributed by atoms with van der Waals surface area (Å²) in [5.74, 6) is -0.147. The van der Waals surface area contributed by atoms with Crippen molar-refractivity contribution in [3.05, 3.63) is 34.2 Å². The number of nitrogens with one attached hydrogen (secondary N) is 1. The first-order valence-electron chi connectivity index (χ1n) is 6.33. The third kappa shape index (κ3) is 2.79. The number of carbonyl (C=O) groups excluding carboxylic acids is 1. The Kier molecular flexibility index (Phi) is 4.15. The van der Waals surface area contributed by atoms with Gasteiger partial charge in [-0.05, 0) is 31.7 Å². The van der Waals surface area contributed by atoms with Crippen LogP contribution in [-0.2, 0) is 0 Å². The minimum absolute atomic E-state index is 0.0712. The van der Waals surface area contributed by atoms with E-state index in [1.807, 2.05) is 0 Å². The quantitative estimate of drug-likeness (QED) is 0.810. The Balaban J connectivity index is 2.13. The van der Waals surface area contributed by atoms with E-state index in [2.05, 4.69) is 4.98 Å². The molecule has 98 valence electrons. The maximum absolute atomic E-state index is 12.3. The highest BCUT2D eigenvalue weighted by atomic mass is 16.3. The van der Waals surface area contributed by atoms with Crippen LogP contribution in [0.5, 0.6) is 0 Å². The molecule has 1 saturated carbocycles. The third-order valence-electron chi connectivity index (χ3n) is 3.33. The smallest absolute Gasteiger partial charge is 0.270 e. The average Bonchev–Trinajstić information content (AvgIpc) is 2.31. The number of carbonyl (C=O) groups is 1. The monoisotopic (exact) mass is 250 g/mol. The van der Waals surface area contributed by atoms with E-state index in [4.69, 9.17) is 5.11 Å². The van der Waals surface area contributed by atoms with Crippen molar-refractivity contribution in [2.45, 2.75) is 31.7 Å². The van der Waals surface area contributed by atoms with Crippen LogP contribution in [0.25, 0.3) is 0 Å². The number of rotatable bonds is 5. The second kappa shape index (κ2) is 5.82. The van der Waals surface area contributed by atoms with Gasteiger partial charge in [-0.2, -0.15) is 0 Å². The largest absolute Gasteiger partial charge is 0.396 e. The van der Waals surface area contributed by atoms with E-state index in [-0.39, 0.29) is 24.1 Å². The molecular weight excluding hydrogens is 232 g/mol. The number of nitrogens with zero attached hydrogens (tertiary/aromatic N) is 1. The van der Waals surface area contributed by atoms with E-state index >= 15 is 0 Å². The molecule has 5 nitrogen and oxygen atoms in total. The number of H-pyrrole nitrogens is 1. The second-order valence-corrected chi connectivity index (χ2v) is 4.59. The summed E-state index contributed by atoms with van der Waals surface area (Å²) in [6, 6.07) is 4.84. The first kappa shape index (κ1) is 12.8. The van der Waals surface area contributed by atoms with E-state index < -0.39 is 0 Å². The minimum Gasteiger partial charge on any atom is -0.396 e. The van der Waals surface area contributed by atoms with Gasteiger partial charge in [0.25, 0.3) is 5.91 Å². The van der Waals surface area contributed by atoms with Gasteiger partial charge in [-0.25, -0.2) is 0 Å². The standard InChI is InChI=1S/C13H18N2O3/c16-9-3-8-15(10-4-1-5-10)13(18)11-6-2-7-12(17)14-11/h2,6-7,10,16H,1,3-5,8-9H2,(H,14,17). The zero-order valence-electron chi connectivity index (χ0n) is 10.3. The van der Waals surface area contributed by atoms with Gasteiger partial charge >= 0.3 is 0 Å². The second-order valence-electron chi connectivity index (χ2n) is 4.59. The van der Waals surface area contributed by atoms with Gasteiger partial charge in [-0.1, -0.05) is 6.07 Å². The highest BCUT2D eigenvalue weighted by Gasteiger charge is 2.29. The van der Waals surface area contributed by atoms with Crippen molar-refractivity contribution in [1.29, 1.82) is 0 Å². The first-order chi connectivity index (χ1) is 8.72. The fourth-order valence-electron chi connectivity index (χ4n) is 2.12. The van der Waals surface area contributed by atoms with Gasteiger partial charge in [0.1, 0.15) is 5.69 Å². The Morgan fingerprint density at radius 3 is 2.78 bits per heavy atom. The molecule has 2 N–H and O–H groups in total. The predicted molar refractivity (Wildman–Crippen MR) is 67.4 cm³/mol. The highest BCUT2D eigenvalue weighted by molar-refractivity contribution is 5.92. The number of aromatic nitrogens is 1. The molecule has 2 rings (SSSR count). The van der Waals surface area contributed by atoms with Crippen molar-refractivity contribution in [3.63, 3.8) is 0 Å². The Bertz CT molecular complexity index is 465. The summed E-state index contributed by atoms with van der Waals surface area (Å²) in [6.45, 7) is 0.610. The zero-order chi connectivity index (χ0) is 13.0. The molecule has 1 amide bonds. The zero-order valence-corrected chi connectivity index (χ0v) is 10.3. The normalized spacial score (nSPS) is 15.2. The maximum atomic E-state index is 12.3. The maximum Gasteiger partial charge on any atom is 0.270 e. The van der Waals surface area contributed by atoms with Gasteiger partial charge in [0.2, 0.25) is 5.56 Å². The van der Waals surface area contributed by atoms with Crippen molar-refractivity contribution in [3.8, 4) is 0 Å². The summed E-state index contributed by atoms with van der Waals surface area (Å²) in [5, 5.41) is 8.89. The number of aliphatic hydroxyl groups is 1. The van der Waals surface area contributed by atoms with Crippen molar-refractivity contribution in [2.75, 3.05) is 13.2 Å². The lowest BCUT2D eigenvalue weighted by Crippen LogP contribution is -2.45. The molecule has 1 aliphatic rings. The molecule has 0 atom stereocenters. The van der Waals surface area contributed by atoms with E-state index in [1.165, 1.54) is 6.07 Å². The molecule has 1 aliphatic carbocycles. The van der Waals surface area contributed by atoms with Crippen LogP contribution in [0.1, 0.15) is 36.2 Å². The van der Waals surface area contributed by atoms with Crippen LogP contribution in [0.3, 0.4) is 0 Å². The Morgan fingerprint density at radius 1 is 1.44 bits per heavy atom. The fraction of sp³-hybridized carbons (Fsp3) is 0.538. The van der Waals surface area contributed by atoms with Crippen LogP contribution in [0.2, 0.25) is 0 Å². The SMILES string of the molecule is O=C(c1cccc(=O)[nH]1)N(CCCO)C1CCC1. The number of hydrogen-bond acceptors (Lipinski definition) is 3. The number of aliphatic hydroxyl groups excluding tert-OH is 1. The molecule has 0 spiro atoms. The van der Waals surface area contributed by atoms with Crippen LogP contribution in [0, 0.1) is 0 Å². The van der Waals surface area contributed by atoms with Crippen LogP contribution >= 0.6 is 0 Å². The summed E-state index contributed by atoms with van der Waals surface area (Å²) >= 11 is 0. The predicted octanol–water partition coefficient (Wildman–Crippen LogP) is 0.752. The van der Waals surface area contributed by atoms with E-state index in [1.54, 1.807) is 17.0 Å². The molecule has 1 fully saturated rings. The Labute approximate surface area is 105 Å². The minimum atomic E-state index is -0.267. The van der Waals surface area contributed by atoms with Crippen molar-refractivity contribution in [1.82, 2.24) is 9.88 Å². The van der Waals surface area contributed by atoms with Gasteiger partial charge in [0.15, 0.2) is 0 Å². The molecule has 0 bridgehead atoms. The van der Waals surface area contributed by atoms with Gasteiger partial charge in [-0.3, -0.25) is 9.59 Å². The Hall–Kier alpha value is -1.62. The summed E-state index contributed by atoms with van der Waals surface area (Å²) in [7, 11) is 0. The number of hydrogen-bond donors (Lipinski definition) is 2. The molecule has 1 aromatic heterocycles. The molecule has 18 heavy (non-hydrogen) atoms. The van der Waals surface area contributed by atoms with Crippen LogP contribution in [-0.4, -0.2) is 40.1 Å². The molecule has 5 heteroatoms. The van der Waals surface area contributed by atoms with Crippen molar-refractivity contribution >= 4 is 5.91 Å². The number of amides is 1. The molecule has 0 saturated heterocycles. The summed E-state index contributed by atoms with van der Waals surface area (Å²) < 4.78 is 0. The van der Waals surface area contributed by atoms with Crippen LogP contribution in [0.15, 0.2) is 23.0 Å². The van der Waals surface area contributed by atoms with E-state index in [9.17, 15) is 9.59 Å². The topological polar surface area (TPSA) is 73.4 Å². The first-order valence-corrected chi connectivity index (χ1v) is 6.33. The molecule has 0 aliphatic heterocycles. The van der Waals surface area contributed by atoms with Gasteiger partial charge in [0.05, 0.1) is 0 Å². The number of aromatic amines is 1. The lowest BCUT2D eigenvalue weighted by molar-refractivity contribution is 0.0556. The molecule has 1 heterocycles. The fourth-order valence-corrected chi connectivity index (χ4v) is 2.12. The number of pyridine rings is 1. The molecule has 0 aromatic carbocycles. The van der Waals surface area contributed by atoms with Gasteiger partial charge in [-0.15, -0.1) is 0 Å². The van der Waals surface area contributed by atoms with Gasteiger partial charge < -0.3 is 15.0 Å². The Morgan fingerprint density at radius 2 is 2.22 bits per heavy atom. The summed E-state index contributed by atoms with van der Waals surface area (Å²) in [5.41, 5.74) is 0.0592. The third-order valence-corrected chi connectivity index (χ3v) is 3.33. The molecular formula is C13H18N2O3. The molecule has 1 aromatic rings. The molecule has 0 radical (unpaired) electrons. The summed E-state index contributed by atoms with van der Waals surface area (Å²) in [4.78, 5) is 27.9. The van der Waals surface area contributed by atoms with Crippen molar-refractivity contribution in [2.24, 2.45) is 0 Å². The summed E-state index contributed by atoms with van der Waals surface area (Å²) in [6.07, 6.45) is 3.72. The van der Waals surface area contributed by atoms with Gasteiger partial charge in [0, 0.05) is 25.3 Å². The highest BCUT2D eigenvalue weighted by Crippen LogP contribution is 2.25. The van der Waals surface area contributed by atoms with Crippen LogP contribution < -0.4 is 5.56 Å². The lowest BCUT2D eigenvalue weighted by atomic mass is 9.91. The molecule has 0 unspecified atom stereocenters.